The van der Waals surface area contributed by atoms with E-state index in [-0.39, 0.29) is 6.29 Å². The van der Waals surface area contributed by atoms with Crippen LogP contribution in [0.5, 0.6) is 0 Å². The van der Waals surface area contributed by atoms with Gasteiger partial charge in [-0.1, -0.05) is 6.92 Å². The van der Waals surface area contributed by atoms with Crippen LogP contribution < -0.4 is 0 Å². The van der Waals surface area contributed by atoms with Gasteiger partial charge in [-0.05, 0) is 32.4 Å². The molecule has 0 atom stereocenters. The minimum absolute atomic E-state index is 0.356. The Balaban J connectivity index is 2.63. The molecule has 0 spiro atoms. The lowest BCUT2D eigenvalue weighted by Gasteiger charge is -2.13. The smallest absolute Gasteiger partial charge is 0.217 e. The molecule has 0 radical (unpaired) electrons. The monoisotopic (exact) mass is 212 g/mol. The molecule has 1 heterocycles. The van der Waals surface area contributed by atoms with Gasteiger partial charge in [-0.15, -0.1) is 0 Å². The van der Waals surface area contributed by atoms with Crippen molar-refractivity contribution in [3.63, 3.8) is 0 Å². The fourth-order valence-corrected chi connectivity index (χ4v) is 1.42. The lowest BCUT2D eigenvalue weighted by atomic mass is 10.3. The highest BCUT2D eigenvalue weighted by Gasteiger charge is 2.15. The van der Waals surface area contributed by atoms with Crippen molar-refractivity contribution in [2.24, 2.45) is 0 Å². The van der Waals surface area contributed by atoms with Gasteiger partial charge in [-0.25, -0.2) is 0 Å². The van der Waals surface area contributed by atoms with Crippen molar-refractivity contribution in [2.45, 2.75) is 39.9 Å². The standard InChI is InChI=1S/C12H20O3/c1-4-7-10-8-9-11(15-10)12(13-5-2)14-6-3/h8-9,12H,4-7H2,1-3H3. The molecule has 0 aromatic carbocycles. The van der Waals surface area contributed by atoms with Gasteiger partial charge in [0.1, 0.15) is 5.76 Å². The van der Waals surface area contributed by atoms with E-state index in [4.69, 9.17) is 13.9 Å². The molecule has 0 N–H and O–H groups in total. The molecule has 15 heavy (non-hydrogen) atoms. The van der Waals surface area contributed by atoms with Crippen molar-refractivity contribution in [2.75, 3.05) is 13.2 Å². The predicted octanol–water partition coefficient (Wildman–Crippen LogP) is 3.30. The lowest BCUT2D eigenvalue weighted by molar-refractivity contribution is -0.150. The summed E-state index contributed by atoms with van der Waals surface area (Å²) < 4.78 is 16.5. The largest absolute Gasteiger partial charge is 0.461 e. The van der Waals surface area contributed by atoms with Crippen molar-refractivity contribution in [1.82, 2.24) is 0 Å². The van der Waals surface area contributed by atoms with Crippen LogP contribution in [-0.2, 0) is 15.9 Å². The molecule has 0 unspecified atom stereocenters. The molecule has 0 bridgehead atoms. The minimum atomic E-state index is -0.356. The van der Waals surface area contributed by atoms with Crippen LogP contribution >= 0.6 is 0 Å². The molecule has 1 aromatic rings. The molecular formula is C12H20O3. The molecule has 1 rings (SSSR count). The molecule has 0 fully saturated rings. The Morgan fingerprint density at radius 1 is 1.13 bits per heavy atom. The Morgan fingerprint density at radius 2 is 1.80 bits per heavy atom. The molecule has 0 aliphatic rings. The lowest BCUT2D eigenvalue weighted by Crippen LogP contribution is -2.07. The summed E-state index contributed by atoms with van der Waals surface area (Å²) in [5, 5.41) is 0. The average Bonchev–Trinajstić information content (AvgIpc) is 2.67. The van der Waals surface area contributed by atoms with Gasteiger partial charge in [0.15, 0.2) is 5.76 Å². The number of hydrogen-bond acceptors (Lipinski definition) is 3. The van der Waals surface area contributed by atoms with Crippen molar-refractivity contribution >= 4 is 0 Å². The SMILES string of the molecule is CCCc1ccc(C(OCC)OCC)o1. The van der Waals surface area contributed by atoms with Crippen LogP contribution in [-0.4, -0.2) is 13.2 Å². The minimum Gasteiger partial charge on any atom is -0.461 e. The molecular weight excluding hydrogens is 192 g/mol. The van der Waals surface area contributed by atoms with Gasteiger partial charge in [0.25, 0.3) is 0 Å². The van der Waals surface area contributed by atoms with Crippen LogP contribution in [0.1, 0.15) is 45.0 Å². The Hall–Kier alpha value is -0.800. The molecule has 0 saturated heterocycles. The van der Waals surface area contributed by atoms with Crippen molar-refractivity contribution in [1.29, 1.82) is 0 Å². The molecule has 3 nitrogen and oxygen atoms in total. The number of aryl methyl sites for hydroxylation is 1. The van der Waals surface area contributed by atoms with E-state index in [1.807, 2.05) is 26.0 Å². The van der Waals surface area contributed by atoms with E-state index < -0.39 is 0 Å². The third-order valence-corrected chi connectivity index (χ3v) is 2.05. The summed E-state index contributed by atoms with van der Waals surface area (Å²) in [5.41, 5.74) is 0. The highest BCUT2D eigenvalue weighted by atomic mass is 16.7. The van der Waals surface area contributed by atoms with Gasteiger partial charge in [-0.2, -0.15) is 0 Å². The zero-order valence-electron chi connectivity index (χ0n) is 9.79. The summed E-state index contributed by atoms with van der Waals surface area (Å²) in [7, 11) is 0. The van der Waals surface area contributed by atoms with Crippen molar-refractivity contribution in [3.05, 3.63) is 23.7 Å². The molecule has 1 aromatic heterocycles. The summed E-state index contributed by atoms with van der Waals surface area (Å²) in [4.78, 5) is 0. The average molecular weight is 212 g/mol. The third-order valence-electron chi connectivity index (χ3n) is 2.05. The van der Waals surface area contributed by atoms with Crippen LogP contribution in [0.25, 0.3) is 0 Å². The van der Waals surface area contributed by atoms with E-state index in [0.717, 1.165) is 24.4 Å². The van der Waals surface area contributed by atoms with Gasteiger partial charge in [0.2, 0.25) is 6.29 Å². The van der Waals surface area contributed by atoms with Crippen LogP contribution in [0.4, 0.5) is 0 Å². The van der Waals surface area contributed by atoms with Crippen molar-refractivity contribution < 1.29 is 13.9 Å². The van der Waals surface area contributed by atoms with Crippen molar-refractivity contribution in [3.8, 4) is 0 Å². The van der Waals surface area contributed by atoms with Crippen LogP contribution in [0.3, 0.4) is 0 Å². The quantitative estimate of drug-likeness (QED) is 0.650. The summed E-state index contributed by atoms with van der Waals surface area (Å²) in [6, 6.07) is 3.92. The fraction of sp³-hybridized carbons (Fsp3) is 0.667. The second-order valence-corrected chi connectivity index (χ2v) is 3.30. The first-order valence-corrected chi connectivity index (χ1v) is 5.63. The Labute approximate surface area is 91.4 Å². The maximum absolute atomic E-state index is 5.64. The highest BCUT2D eigenvalue weighted by Crippen LogP contribution is 2.22. The van der Waals surface area contributed by atoms with Gasteiger partial charge < -0.3 is 13.9 Å². The van der Waals surface area contributed by atoms with E-state index in [2.05, 4.69) is 6.92 Å². The predicted molar refractivity (Wildman–Crippen MR) is 58.7 cm³/mol. The first-order chi connectivity index (χ1) is 7.31. The topological polar surface area (TPSA) is 31.6 Å². The van der Waals surface area contributed by atoms with Gasteiger partial charge in [0.05, 0.1) is 0 Å². The second-order valence-electron chi connectivity index (χ2n) is 3.30. The van der Waals surface area contributed by atoms with E-state index in [9.17, 15) is 0 Å². The van der Waals surface area contributed by atoms with Gasteiger partial charge in [0, 0.05) is 19.6 Å². The van der Waals surface area contributed by atoms with E-state index in [1.54, 1.807) is 0 Å². The normalized spacial score (nSPS) is 11.2. The molecule has 0 aliphatic carbocycles. The van der Waals surface area contributed by atoms with E-state index in [0.29, 0.717) is 13.2 Å². The summed E-state index contributed by atoms with van der Waals surface area (Å²) >= 11 is 0. The third kappa shape index (κ3) is 3.68. The van der Waals surface area contributed by atoms with Gasteiger partial charge >= 0.3 is 0 Å². The number of furan rings is 1. The Bertz CT molecular complexity index is 262. The van der Waals surface area contributed by atoms with Gasteiger partial charge in [-0.3, -0.25) is 0 Å². The number of hydrogen-bond donors (Lipinski definition) is 0. The van der Waals surface area contributed by atoms with Crippen LogP contribution in [0, 0.1) is 0 Å². The summed E-state index contributed by atoms with van der Waals surface area (Å²) in [6.45, 7) is 7.26. The maximum atomic E-state index is 5.64. The van der Waals surface area contributed by atoms with E-state index in [1.165, 1.54) is 0 Å². The molecule has 3 heteroatoms. The Kier molecular flexibility index (Phi) is 5.43. The Morgan fingerprint density at radius 3 is 2.33 bits per heavy atom. The van der Waals surface area contributed by atoms with Crippen LogP contribution in [0.15, 0.2) is 16.5 Å². The first kappa shape index (κ1) is 12.3. The van der Waals surface area contributed by atoms with E-state index >= 15 is 0 Å². The maximum Gasteiger partial charge on any atom is 0.217 e. The number of rotatable bonds is 7. The molecule has 0 saturated carbocycles. The summed E-state index contributed by atoms with van der Waals surface area (Å²) in [5.74, 6) is 1.76. The fourth-order valence-electron chi connectivity index (χ4n) is 1.42. The molecule has 0 amide bonds. The number of ether oxygens (including phenoxy) is 2. The molecule has 0 aliphatic heterocycles. The summed E-state index contributed by atoms with van der Waals surface area (Å²) in [6.07, 6.45) is 1.69. The molecule has 86 valence electrons. The second kappa shape index (κ2) is 6.64. The highest BCUT2D eigenvalue weighted by molar-refractivity contribution is 5.08. The van der Waals surface area contributed by atoms with Crippen LogP contribution in [0.2, 0.25) is 0 Å². The zero-order valence-corrected chi connectivity index (χ0v) is 9.79. The zero-order chi connectivity index (χ0) is 11.1. The first-order valence-electron chi connectivity index (χ1n) is 5.63.